The molecule has 0 aliphatic carbocycles. The van der Waals surface area contributed by atoms with Crippen molar-refractivity contribution in [2.24, 2.45) is 5.92 Å². The number of fused-ring (bicyclic) bond motifs is 3. The Morgan fingerprint density at radius 1 is 1.16 bits per heavy atom. The predicted octanol–water partition coefficient (Wildman–Crippen LogP) is 5.12. The lowest BCUT2D eigenvalue weighted by Crippen LogP contribution is -2.47. The maximum atomic E-state index is 13.2. The summed E-state index contributed by atoms with van der Waals surface area (Å²) in [5.74, 6) is 0.748. The highest BCUT2D eigenvalue weighted by atomic mass is 32.1. The van der Waals surface area contributed by atoms with Gasteiger partial charge in [-0.3, -0.25) is 14.2 Å². The maximum Gasteiger partial charge on any atom is 0.229 e. The Labute approximate surface area is 185 Å². The summed E-state index contributed by atoms with van der Waals surface area (Å²) in [4.78, 5) is 19.9. The standard InChI is InChI=1S/C24H27FN4OS/c1-15-27-28-24(31-15)17-4-5-18-14-26-20(12-19(18)11-17)13-23(30)29-21-6-7-22(29)10-16(9-21)3-2-8-25/h4-5,11-12,14,16,21-22H,2-3,6-10,13H2,1H3/t16?,21-,22+. The molecule has 162 valence electrons. The van der Waals surface area contributed by atoms with Crippen LogP contribution in [0.15, 0.2) is 30.5 Å². The molecule has 0 N–H and O–H groups in total. The molecule has 0 radical (unpaired) electrons. The molecule has 3 atom stereocenters. The Morgan fingerprint density at radius 2 is 1.97 bits per heavy atom. The fourth-order valence-electron chi connectivity index (χ4n) is 5.37. The zero-order valence-electron chi connectivity index (χ0n) is 17.8. The number of rotatable bonds is 6. The number of hydrogen-bond donors (Lipinski definition) is 0. The monoisotopic (exact) mass is 438 g/mol. The van der Waals surface area contributed by atoms with E-state index in [1.807, 2.05) is 31.3 Å². The number of carbonyl (C=O) groups excluding carboxylic acids is 1. The van der Waals surface area contributed by atoms with Gasteiger partial charge in [-0.15, -0.1) is 10.2 Å². The molecule has 2 fully saturated rings. The van der Waals surface area contributed by atoms with E-state index < -0.39 is 0 Å². The molecule has 5 nitrogen and oxygen atoms in total. The van der Waals surface area contributed by atoms with Gasteiger partial charge in [0, 0.05) is 29.2 Å². The van der Waals surface area contributed by atoms with Crippen molar-refractivity contribution in [3.63, 3.8) is 0 Å². The van der Waals surface area contributed by atoms with Crippen molar-refractivity contribution in [2.45, 2.75) is 64.0 Å². The van der Waals surface area contributed by atoms with E-state index in [0.29, 0.717) is 30.8 Å². The average Bonchev–Trinajstić information content (AvgIpc) is 3.32. The van der Waals surface area contributed by atoms with Gasteiger partial charge >= 0.3 is 0 Å². The summed E-state index contributed by atoms with van der Waals surface area (Å²) in [7, 11) is 0. The number of alkyl halides is 1. The molecule has 2 aliphatic heterocycles. The highest BCUT2D eigenvalue weighted by Crippen LogP contribution is 2.40. The number of piperidine rings is 1. The van der Waals surface area contributed by atoms with Crippen LogP contribution >= 0.6 is 11.3 Å². The van der Waals surface area contributed by atoms with Gasteiger partial charge in [0.05, 0.1) is 18.8 Å². The quantitative estimate of drug-likeness (QED) is 0.536. The van der Waals surface area contributed by atoms with Gasteiger partial charge in [-0.05, 0) is 68.9 Å². The Balaban J connectivity index is 1.31. The maximum absolute atomic E-state index is 13.2. The normalized spacial score (nSPS) is 22.9. The summed E-state index contributed by atoms with van der Waals surface area (Å²) in [6.07, 6.45) is 8.00. The highest BCUT2D eigenvalue weighted by Gasteiger charge is 2.42. The van der Waals surface area contributed by atoms with E-state index in [1.165, 1.54) is 0 Å². The molecule has 1 amide bonds. The number of benzene rings is 1. The first kappa shape index (κ1) is 20.5. The van der Waals surface area contributed by atoms with Crippen molar-refractivity contribution >= 4 is 28.0 Å². The minimum absolute atomic E-state index is 0.180. The van der Waals surface area contributed by atoms with E-state index in [1.54, 1.807) is 11.3 Å². The number of halogens is 1. The molecule has 2 aromatic heterocycles. The van der Waals surface area contributed by atoms with Gasteiger partial charge < -0.3 is 4.90 Å². The second-order valence-corrected chi connectivity index (χ2v) is 10.1. The van der Waals surface area contributed by atoms with Crippen LogP contribution in [0.1, 0.15) is 49.2 Å². The molecule has 0 saturated carbocycles. The van der Waals surface area contributed by atoms with Gasteiger partial charge in [0.25, 0.3) is 0 Å². The van der Waals surface area contributed by atoms with Crippen LogP contribution in [-0.4, -0.2) is 44.7 Å². The van der Waals surface area contributed by atoms with E-state index in [2.05, 4.69) is 26.1 Å². The van der Waals surface area contributed by atoms with Gasteiger partial charge in [0.15, 0.2) is 0 Å². The van der Waals surface area contributed by atoms with Crippen molar-refractivity contribution in [3.05, 3.63) is 41.2 Å². The highest BCUT2D eigenvalue weighted by molar-refractivity contribution is 7.14. The summed E-state index contributed by atoms with van der Waals surface area (Å²) in [5.41, 5.74) is 1.84. The van der Waals surface area contributed by atoms with Gasteiger partial charge in [-0.1, -0.05) is 23.5 Å². The number of aryl methyl sites for hydroxylation is 1. The summed E-state index contributed by atoms with van der Waals surface area (Å²) in [5, 5.41) is 12.3. The molecule has 2 aliphatic rings. The number of nitrogens with zero attached hydrogens (tertiary/aromatic N) is 4. The summed E-state index contributed by atoms with van der Waals surface area (Å²) < 4.78 is 12.6. The van der Waals surface area contributed by atoms with E-state index in [9.17, 15) is 9.18 Å². The third kappa shape index (κ3) is 4.20. The summed E-state index contributed by atoms with van der Waals surface area (Å²) in [6, 6.07) is 8.86. The lowest BCUT2D eigenvalue weighted by atomic mass is 9.87. The lowest BCUT2D eigenvalue weighted by Gasteiger charge is -2.39. The Kier molecular flexibility index (Phi) is 5.69. The van der Waals surface area contributed by atoms with Crippen molar-refractivity contribution in [3.8, 4) is 10.6 Å². The van der Waals surface area contributed by atoms with Crippen LogP contribution in [0.2, 0.25) is 0 Å². The molecule has 31 heavy (non-hydrogen) atoms. The van der Waals surface area contributed by atoms with Crippen LogP contribution in [0, 0.1) is 12.8 Å². The van der Waals surface area contributed by atoms with E-state index in [-0.39, 0.29) is 12.6 Å². The number of hydrogen-bond acceptors (Lipinski definition) is 5. The van der Waals surface area contributed by atoms with E-state index >= 15 is 0 Å². The molecule has 2 bridgehead atoms. The lowest BCUT2D eigenvalue weighted by molar-refractivity contribution is -0.135. The minimum atomic E-state index is -0.234. The third-order valence-corrected chi connectivity index (χ3v) is 7.64. The van der Waals surface area contributed by atoms with Gasteiger partial charge in [0.1, 0.15) is 10.0 Å². The molecule has 3 aromatic rings. The number of pyridine rings is 1. The van der Waals surface area contributed by atoms with E-state index in [4.69, 9.17) is 0 Å². The largest absolute Gasteiger partial charge is 0.336 e. The second-order valence-electron chi connectivity index (χ2n) is 8.90. The van der Waals surface area contributed by atoms with Crippen LogP contribution in [0.25, 0.3) is 21.3 Å². The zero-order chi connectivity index (χ0) is 21.4. The average molecular weight is 439 g/mol. The SMILES string of the molecule is Cc1nnc(-c2ccc3cnc(CC(=O)N4[C@@H]5CC[C@H]4CC(CCCF)C5)cc3c2)s1. The number of aromatic nitrogens is 3. The van der Waals surface area contributed by atoms with Crippen LogP contribution < -0.4 is 0 Å². The minimum Gasteiger partial charge on any atom is -0.336 e. The Morgan fingerprint density at radius 3 is 2.68 bits per heavy atom. The van der Waals surface area contributed by atoms with Crippen LogP contribution in [-0.2, 0) is 11.2 Å². The van der Waals surface area contributed by atoms with Gasteiger partial charge in [0.2, 0.25) is 5.91 Å². The molecule has 1 aromatic carbocycles. The molecular weight excluding hydrogens is 411 g/mol. The number of amides is 1. The van der Waals surface area contributed by atoms with Crippen LogP contribution in [0.3, 0.4) is 0 Å². The fourth-order valence-corrected chi connectivity index (χ4v) is 6.06. The van der Waals surface area contributed by atoms with Crippen molar-refractivity contribution in [1.82, 2.24) is 20.1 Å². The predicted molar refractivity (Wildman–Crippen MR) is 121 cm³/mol. The van der Waals surface area contributed by atoms with Crippen LogP contribution in [0.5, 0.6) is 0 Å². The molecule has 7 heteroatoms. The second kappa shape index (κ2) is 8.61. The van der Waals surface area contributed by atoms with Gasteiger partial charge in [-0.25, -0.2) is 0 Å². The first-order valence-electron chi connectivity index (χ1n) is 11.2. The first-order valence-corrected chi connectivity index (χ1v) is 12.0. The smallest absolute Gasteiger partial charge is 0.229 e. The Hall–Kier alpha value is -2.41. The molecule has 4 heterocycles. The molecule has 5 rings (SSSR count). The van der Waals surface area contributed by atoms with Crippen molar-refractivity contribution in [2.75, 3.05) is 6.67 Å². The topological polar surface area (TPSA) is 59.0 Å². The summed E-state index contributed by atoms with van der Waals surface area (Å²) in [6.45, 7) is 1.72. The zero-order valence-corrected chi connectivity index (χ0v) is 18.6. The number of carbonyl (C=O) groups is 1. The van der Waals surface area contributed by atoms with Crippen LogP contribution in [0.4, 0.5) is 4.39 Å². The fraction of sp³-hybridized carbons (Fsp3) is 0.500. The molecule has 0 spiro atoms. The third-order valence-electron chi connectivity index (χ3n) is 6.75. The summed E-state index contributed by atoms with van der Waals surface area (Å²) >= 11 is 1.58. The first-order chi connectivity index (χ1) is 15.1. The van der Waals surface area contributed by atoms with Gasteiger partial charge in [-0.2, -0.15) is 0 Å². The Bertz CT molecular complexity index is 1090. The van der Waals surface area contributed by atoms with E-state index in [0.717, 1.165) is 64.1 Å². The molecular formula is C24H27FN4OS. The molecule has 2 saturated heterocycles. The molecule has 1 unspecified atom stereocenters. The van der Waals surface area contributed by atoms with Crippen molar-refractivity contribution < 1.29 is 9.18 Å². The van der Waals surface area contributed by atoms with Crippen molar-refractivity contribution in [1.29, 1.82) is 0 Å².